The van der Waals surface area contributed by atoms with Crippen molar-refractivity contribution >= 4 is 17.7 Å². The van der Waals surface area contributed by atoms with E-state index in [1.165, 1.54) is 0 Å². The molecule has 1 aliphatic rings. The second-order valence-corrected chi connectivity index (χ2v) is 7.33. The van der Waals surface area contributed by atoms with E-state index in [2.05, 4.69) is 24.2 Å². The van der Waals surface area contributed by atoms with Crippen LogP contribution in [0.4, 0.5) is 0 Å². The number of nitrogens with one attached hydrogen (secondary N) is 1. The molecule has 2 rings (SSSR count). The molecule has 0 bridgehead atoms. The number of hydrogen-bond donors (Lipinski definition) is 2. The molecule has 1 aliphatic heterocycles. The van der Waals surface area contributed by atoms with Crippen LogP contribution in [-0.2, 0) is 4.79 Å². The first kappa shape index (κ1) is 15.4. The van der Waals surface area contributed by atoms with Crippen molar-refractivity contribution in [1.29, 1.82) is 0 Å². The van der Waals surface area contributed by atoms with Crippen molar-refractivity contribution in [2.75, 3.05) is 19.6 Å². The van der Waals surface area contributed by atoms with Crippen LogP contribution in [0.1, 0.15) is 25.3 Å². The fourth-order valence-corrected chi connectivity index (χ4v) is 4.20. The van der Waals surface area contributed by atoms with E-state index >= 15 is 0 Å². The third-order valence-electron chi connectivity index (χ3n) is 3.60. The van der Waals surface area contributed by atoms with Crippen LogP contribution in [0.5, 0.6) is 0 Å². The zero-order valence-corrected chi connectivity index (χ0v) is 12.9. The average Bonchev–Trinajstić information content (AvgIpc) is 2.44. The number of amides is 1. The SMILES string of the molecule is CC1CN(CC(C(=O)NN)c2ccccc2)CC(C)S1. The minimum Gasteiger partial charge on any atom is -0.300 e. The fraction of sp³-hybridized carbons (Fsp3) is 0.533. The van der Waals surface area contributed by atoms with Crippen LogP contribution < -0.4 is 11.3 Å². The fourth-order valence-electron chi connectivity index (χ4n) is 2.82. The number of rotatable bonds is 4. The smallest absolute Gasteiger partial charge is 0.242 e. The lowest BCUT2D eigenvalue weighted by Crippen LogP contribution is -2.46. The van der Waals surface area contributed by atoms with Gasteiger partial charge in [0.15, 0.2) is 0 Å². The van der Waals surface area contributed by atoms with Crippen molar-refractivity contribution < 1.29 is 4.79 Å². The van der Waals surface area contributed by atoms with Gasteiger partial charge in [-0.15, -0.1) is 0 Å². The van der Waals surface area contributed by atoms with Crippen molar-refractivity contribution in [1.82, 2.24) is 10.3 Å². The van der Waals surface area contributed by atoms with E-state index in [1.54, 1.807) is 0 Å². The summed E-state index contributed by atoms with van der Waals surface area (Å²) in [6, 6.07) is 9.87. The van der Waals surface area contributed by atoms with E-state index in [0.717, 1.165) is 25.2 Å². The number of thioether (sulfide) groups is 1. The lowest BCUT2D eigenvalue weighted by atomic mass is 9.97. The lowest BCUT2D eigenvalue weighted by molar-refractivity contribution is -0.123. The molecule has 4 nitrogen and oxygen atoms in total. The van der Waals surface area contributed by atoms with E-state index in [-0.39, 0.29) is 11.8 Å². The number of benzene rings is 1. The molecule has 20 heavy (non-hydrogen) atoms. The molecule has 5 heteroatoms. The van der Waals surface area contributed by atoms with E-state index in [0.29, 0.717) is 10.5 Å². The van der Waals surface area contributed by atoms with Gasteiger partial charge in [-0.25, -0.2) is 5.84 Å². The summed E-state index contributed by atoms with van der Waals surface area (Å²) >= 11 is 2.02. The van der Waals surface area contributed by atoms with Gasteiger partial charge in [0.05, 0.1) is 5.92 Å². The van der Waals surface area contributed by atoms with E-state index in [9.17, 15) is 4.79 Å². The molecule has 1 saturated heterocycles. The predicted molar refractivity (Wildman–Crippen MR) is 84.5 cm³/mol. The van der Waals surface area contributed by atoms with Gasteiger partial charge in [0.1, 0.15) is 0 Å². The average molecular weight is 293 g/mol. The molecular formula is C15H23N3OS. The summed E-state index contributed by atoms with van der Waals surface area (Å²) in [5.74, 6) is 5.03. The zero-order valence-electron chi connectivity index (χ0n) is 12.1. The molecule has 0 aliphatic carbocycles. The van der Waals surface area contributed by atoms with Gasteiger partial charge in [-0.05, 0) is 5.56 Å². The molecule has 3 unspecified atom stereocenters. The maximum atomic E-state index is 12.1. The first-order valence-electron chi connectivity index (χ1n) is 7.03. The Balaban J connectivity index is 2.10. The minimum absolute atomic E-state index is 0.116. The molecule has 0 spiro atoms. The van der Waals surface area contributed by atoms with Crippen molar-refractivity contribution in [2.24, 2.45) is 5.84 Å². The predicted octanol–water partition coefficient (Wildman–Crippen LogP) is 1.59. The first-order valence-corrected chi connectivity index (χ1v) is 7.97. The van der Waals surface area contributed by atoms with E-state index in [1.807, 2.05) is 42.1 Å². The molecule has 3 N–H and O–H groups in total. The van der Waals surface area contributed by atoms with Crippen molar-refractivity contribution in [3.8, 4) is 0 Å². The Bertz CT molecular complexity index is 430. The molecule has 110 valence electrons. The van der Waals surface area contributed by atoms with Crippen molar-refractivity contribution in [2.45, 2.75) is 30.3 Å². The Hall–Kier alpha value is -1.04. The second kappa shape index (κ2) is 7.11. The summed E-state index contributed by atoms with van der Waals surface area (Å²) in [6.07, 6.45) is 0. The summed E-state index contributed by atoms with van der Waals surface area (Å²) < 4.78 is 0. The number of hydrazine groups is 1. The Morgan fingerprint density at radius 2 is 1.95 bits per heavy atom. The second-order valence-electron chi connectivity index (χ2n) is 5.45. The topological polar surface area (TPSA) is 58.4 Å². The molecule has 1 amide bonds. The molecule has 0 saturated carbocycles. The van der Waals surface area contributed by atoms with Crippen LogP contribution in [0.25, 0.3) is 0 Å². The zero-order chi connectivity index (χ0) is 14.5. The maximum Gasteiger partial charge on any atom is 0.242 e. The van der Waals surface area contributed by atoms with Crippen LogP contribution in [0.3, 0.4) is 0 Å². The summed E-state index contributed by atoms with van der Waals surface area (Å²) in [5, 5.41) is 1.22. The molecule has 1 aromatic carbocycles. The number of nitrogens with two attached hydrogens (primary N) is 1. The summed E-state index contributed by atoms with van der Waals surface area (Å²) in [4.78, 5) is 14.5. The van der Waals surface area contributed by atoms with Crippen LogP contribution in [-0.4, -0.2) is 40.9 Å². The highest BCUT2D eigenvalue weighted by Crippen LogP contribution is 2.27. The van der Waals surface area contributed by atoms with Gasteiger partial charge in [-0.2, -0.15) is 11.8 Å². The molecule has 1 aromatic rings. The third kappa shape index (κ3) is 3.98. The number of carbonyl (C=O) groups excluding carboxylic acids is 1. The Labute approximate surface area is 125 Å². The minimum atomic E-state index is -0.205. The highest BCUT2D eigenvalue weighted by molar-refractivity contribution is 8.00. The highest BCUT2D eigenvalue weighted by atomic mass is 32.2. The van der Waals surface area contributed by atoms with E-state index < -0.39 is 0 Å². The van der Waals surface area contributed by atoms with Gasteiger partial charge >= 0.3 is 0 Å². The van der Waals surface area contributed by atoms with Gasteiger partial charge in [0, 0.05) is 30.1 Å². The largest absolute Gasteiger partial charge is 0.300 e. The van der Waals surface area contributed by atoms with Crippen LogP contribution in [0.2, 0.25) is 0 Å². The number of hydrogen-bond acceptors (Lipinski definition) is 4. The normalized spacial score (nSPS) is 25.1. The summed E-state index contributed by atoms with van der Waals surface area (Å²) in [6.45, 7) is 7.26. The molecule has 1 heterocycles. The van der Waals surface area contributed by atoms with Crippen molar-refractivity contribution in [3.63, 3.8) is 0 Å². The number of nitrogens with zero attached hydrogens (tertiary/aromatic N) is 1. The molecule has 0 aromatic heterocycles. The standard InChI is InChI=1S/C15H23N3OS/c1-11-8-18(9-12(2)20-11)10-14(15(19)17-16)13-6-4-3-5-7-13/h3-7,11-12,14H,8-10,16H2,1-2H3,(H,17,19). The Morgan fingerprint density at radius 3 is 2.50 bits per heavy atom. The Kier molecular flexibility index (Phi) is 5.46. The maximum absolute atomic E-state index is 12.1. The third-order valence-corrected chi connectivity index (χ3v) is 4.82. The molecule has 3 atom stereocenters. The first-order chi connectivity index (χ1) is 9.60. The van der Waals surface area contributed by atoms with Gasteiger partial charge in [0.2, 0.25) is 5.91 Å². The Morgan fingerprint density at radius 1 is 1.35 bits per heavy atom. The molecular weight excluding hydrogens is 270 g/mol. The van der Waals surface area contributed by atoms with Crippen molar-refractivity contribution in [3.05, 3.63) is 35.9 Å². The summed E-state index contributed by atoms with van der Waals surface area (Å²) in [7, 11) is 0. The van der Waals surface area contributed by atoms with Gasteiger partial charge < -0.3 is 4.90 Å². The molecule has 1 fully saturated rings. The monoisotopic (exact) mass is 293 g/mol. The van der Waals surface area contributed by atoms with Gasteiger partial charge in [-0.1, -0.05) is 44.2 Å². The summed E-state index contributed by atoms with van der Waals surface area (Å²) in [5.41, 5.74) is 3.33. The van der Waals surface area contributed by atoms with Crippen LogP contribution >= 0.6 is 11.8 Å². The van der Waals surface area contributed by atoms with Gasteiger partial charge in [0.25, 0.3) is 0 Å². The highest BCUT2D eigenvalue weighted by Gasteiger charge is 2.28. The van der Waals surface area contributed by atoms with Crippen LogP contribution in [0.15, 0.2) is 30.3 Å². The van der Waals surface area contributed by atoms with Crippen LogP contribution in [0, 0.1) is 0 Å². The number of carbonyl (C=O) groups is 1. The molecule has 0 radical (unpaired) electrons. The quantitative estimate of drug-likeness (QED) is 0.503. The lowest BCUT2D eigenvalue weighted by Gasteiger charge is -2.36. The van der Waals surface area contributed by atoms with Gasteiger partial charge in [-0.3, -0.25) is 10.2 Å². The van der Waals surface area contributed by atoms with E-state index in [4.69, 9.17) is 5.84 Å².